The molecule has 0 atom stereocenters. The molecule has 0 bridgehead atoms. The summed E-state index contributed by atoms with van der Waals surface area (Å²) in [5.74, 6) is -0.413. The third-order valence-electron chi connectivity index (χ3n) is 2.16. The first-order valence-corrected chi connectivity index (χ1v) is 4.98. The third-order valence-corrected chi connectivity index (χ3v) is 2.16. The molecular formula is C9H15N5O3. The Labute approximate surface area is 98.3 Å². The van der Waals surface area contributed by atoms with Crippen LogP contribution in [0.1, 0.15) is 6.42 Å². The molecule has 0 radical (unpaired) electrons. The second-order valence-corrected chi connectivity index (χ2v) is 3.44. The van der Waals surface area contributed by atoms with E-state index in [9.17, 15) is 9.59 Å². The van der Waals surface area contributed by atoms with Crippen molar-refractivity contribution in [2.75, 3.05) is 26.4 Å². The standard InChI is InChI=1S/C9H15N5O3/c1-13(4-3-8(16)17-2)7(15)5-14-6-11-9(10)12-14/h6H,3-5H2,1-2H3,(H2,10,12). The number of esters is 1. The van der Waals surface area contributed by atoms with Gasteiger partial charge in [0.2, 0.25) is 11.9 Å². The normalized spacial score (nSPS) is 10.0. The highest BCUT2D eigenvalue weighted by atomic mass is 16.5. The molecule has 8 heteroatoms. The predicted molar refractivity (Wildman–Crippen MR) is 58.7 cm³/mol. The summed E-state index contributed by atoms with van der Waals surface area (Å²) >= 11 is 0. The lowest BCUT2D eigenvalue weighted by molar-refractivity contribution is -0.141. The Morgan fingerprint density at radius 3 is 2.82 bits per heavy atom. The van der Waals surface area contributed by atoms with Gasteiger partial charge in [-0.25, -0.2) is 9.67 Å². The van der Waals surface area contributed by atoms with Crippen molar-refractivity contribution in [2.24, 2.45) is 0 Å². The first-order valence-electron chi connectivity index (χ1n) is 4.98. The predicted octanol–water partition coefficient (Wildman–Crippen LogP) is -1.12. The number of methoxy groups -OCH3 is 1. The molecule has 0 unspecified atom stereocenters. The largest absolute Gasteiger partial charge is 0.469 e. The fourth-order valence-corrected chi connectivity index (χ4v) is 1.13. The van der Waals surface area contributed by atoms with Gasteiger partial charge in [-0.15, -0.1) is 5.10 Å². The van der Waals surface area contributed by atoms with E-state index in [1.54, 1.807) is 7.05 Å². The average molecular weight is 241 g/mol. The molecule has 2 N–H and O–H groups in total. The number of ether oxygens (including phenoxy) is 1. The van der Waals surface area contributed by atoms with E-state index in [-0.39, 0.29) is 30.8 Å². The maximum atomic E-state index is 11.7. The van der Waals surface area contributed by atoms with Crippen molar-refractivity contribution in [3.05, 3.63) is 6.33 Å². The lowest BCUT2D eigenvalue weighted by Crippen LogP contribution is -2.32. The van der Waals surface area contributed by atoms with Gasteiger partial charge >= 0.3 is 5.97 Å². The van der Waals surface area contributed by atoms with Crippen LogP contribution in [0.4, 0.5) is 5.95 Å². The minimum atomic E-state index is -0.352. The minimum Gasteiger partial charge on any atom is -0.469 e. The average Bonchev–Trinajstić information content (AvgIpc) is 2.70. The number of nitrogens with zero attached hydrogens (tertiary/aromatic N) is 4. The summed E-state index contributed by atoms with van der Waals surface area (Å²) in [6.45, 7) is 0.345. The lowest BCUT2D eigenvalue weighted by atomic mass is 10.4. The van der Waals surface area contributed by atoms with Crippen LogP contribution in [0.25, 0.3) is 0 Å². The summed E-state index contributed by atoms with van der Waals surface area (Å²) in [6.07, 6.45) is 1.54. The van der Waals surface area contributed by atoms with Gasteiger partial charge in [0.15, 0.2) is 0 Å². The van der Waals surface area contributed by atoms with Crippen LogP contribution in [0.5, 0.6) is 0 Å². The summed E-state index contributed by atoms with van der Waals surface area (Å²) in [7, 11) is 2.91. The zero-order valence-electron chi connectivity index (χ0n) is 9.79. The zero-order valence-corrected chi connectivity index (χ0v) is 9.79. The third kappa shape index (κ3) is 4.09. The molecule has 17 heavy (non-hydrogen) atoms. The van der Waals surface area contributed by atoms with E-state index in [2.05, 4.69) is 14.8 Å². The van der Waals surface area contributed by atoms with Crippen LogP contribution < -0.4 is 5.73 Å². The molecule has 0 saturated carbocycles. The number of anilines is 1. The van der Waals surface area contributed by atoms with Crippen LogP contribution in [-0.4, -0.2) is 52.2 Å². The number of amides is 1. The highest BCUT2D eigenvalue weighted by Crippen LogP contribution is 1.95. The number of likely N-dealkylation sites (N-methyl/N-ethyl adjacent to an activating group) is 1. The second kappa shape index (κ2) is 5.83. The van der Waals surface area contributed by atoms with E-state index in [4.69, 9.17) is 5.73 Å². The smallest absolute Gasteiger partial charge is 0.307 e. The van der Waals surface area contributed by atoms with Crippen molar-refractivity contribution in [2.45, 2.75) is 13.0 Å². The molecule has 0 aliphatic carbocycles. The van der Waals surface area contributed by atoms with Crippen LogP contribution in [0.15, 0.2) is 6.33 Å². The summed E-state index contributed by atoms with van der Waals surface area (Å²) in [6, 6.07) is 0. The quantitative estimate of drug-likeness (QED) is 0.655. The Balaban J connectivity index is 2.39. The number of carbonyl (C=O) groups excluding carboxylic acids is 2. The molecule has 1 amide bonds. The molecule has 1 heterocycles. The Kier molecular flexibility index (Phi) is 4.44. The van der Waals surface area contributed by atoms with E-state index < -0.39 is 0 Å². The summed E-state index contributed by atoms with van der Waals surface area (Å²) in [4.78, 5) is 27.7. The van der Waals surface area contributed by atoms with Gasteiger partial charge in [0.1, 0.15) is 12.9 Å². The van der Waals surface area contributed by atoms with Crippen LogP contribution in [0, 0.1) is 0 Å². The van der Waals surface area contributed by atoms with Gasteiger partial charge in [0, 0.05) is 13.6 Å². The van der Waals surface area contributed by atoms with E-state index in [0.29, 0.717) is 6.54 Å². The van der Waals surface area contributed by atoms with Gasteiger partial charge in [-0.1, -0.05) is 0 Å². The molecule has 0 aliphatic rings. The number of hydrogen-bond donors (Lipinski definition) is 1. The first kappa shape index (κ1) is 12.9. The van der Waals surface area contributed by atoms with Gasteiger partial charge < -0.3 is 15.4 Å². The van der Waals surface area contributed by atoms with E-state index in [1.165, 1.54) is 23.0 Å². The van der Waals surface area contributed by atoms with Crippen molar-refractivity contribution in [1.29, 1.82) is 0 Å². The van der Waals surface area contributed by atoms with Crippen LogP contribution in [-0.2, 0) is 20.9 Å². The van der Waals surface area contributed by atoms with E-state index in [0.717, 1.165) is 0 Å². The zero-order chi connectivity index (χ0) is 12.8. The monoisotopic (exact) mass is 241 g/mol. The molecule has 94 valence electrons. The Morgan fingerprint density at radius 2 is 2.29 bits per heavy atom. The van der Waals surface area contributed by atoms with Gasteiger partial charge in [-0.05, 0) is 0 Å². The summed E-state index contributed by atoms with van der Waals surface area (Å²) in [5, 5.41) is 3.79. The Bertz CT molecular complexity index is 403. The molecule has 0 fully saturated rings. The van der Waals surface area contributed by atoms with Crippen LogP contribution in [0.3, 0.4) is 0 Å². The maximum absolute atomic E-state index is 11.7. The fourth-order valence-electron chi connectivity index (χ4n) is 1.13. The van der Waals surface area contributed by atoms with Crippen molar-refractivity contribution < 1.29 is 14.3 Å². The lowest BCUT2D eigenvalue weighted by Gasteiger charge is -2.15. The fraction of sp³-hybridized carbons (Fsp3) is 0.556. The molecule has 8 nitrogen and oxygen atoms in total. The van der Waals surface area contributed by atoms with E-state index >= 15 is 0 Å². The van der Waals surface area contributed by atoms with Crippen molar-refractivity contribution >= 4 is 17.8 Å². The topological polar surface area (TPSA) is 103 Å². The maximum Gasteiger partial charge on any atom is 0.307 e. The second-order valence-electron chi connectivity index (χ2n) is 3.44. The molecule has 0 aromatic carbocycles. The minimum absolute atomic E-state index is 0.0435. The van der Waals surface area contributed by atoms with Gasteiger partial charge in [-0.2, -0.15) is 0 Å². The molecular weight excluding hydrogens is 226 g/mol. The molecule has 1 aromatic heterocycles. The van der Waals surface area contributed by atoms with Crippen molar-refractivity contribution in [3.63, 3.8) is 0 Å². The highest BCUT2D eigenvalue weighted by molar-refractivity contribution is 5.76. The van der Waals surface area contributed by atoms with Crippen LogP contribution >= 0.6 is 0 Å². The van der Waals surface area contributed by atoms with Crippen molar-refractivity contribution in [3.8, 4) is 0 Å². The molecule has 1 rings (SSSR count). The van der Waals surface area contributed by atoms with Gasteiger partial charge in [-0.3, -0.25) is 9.59 Å². The van der Waals surface area contributed by atoms with E-state index in [1.807, 2.05) is 0 Å². The molecule has 0 saturated heterocycles. The number of aromatic nitrogens is 3. The van der Waals surface area contributed by atoms with Gasteiger partial charge in [0.25, 0.3) is 0 Å². The number of nitrogens with two attached hydrogens (primary N) is 1. The summed E-state index contributed by atoms with van der Waals surface area (Å²) in [5.41, 5.74) is 5.32. The Morgan fingerprint density at radius 1 is 1.59 bits per heavy atom. The number of nitrogen functional groups attached to an aromatic ring is 1. The van der Waals surface area contributed by atoms with Crippen LogP contribution in [0.2, 0.25) is 0 Å². The number of carbonyl (C=O) groups is 2. The number of rotatable bonds is 5. The van der Waals surface area contributed by atoms with Crippen molar-refractivity contribution in [1.82, 2.24) is 19.7 Å². The van der Waals surface area contributed by atoms with Gasteiger partial charge in [0.05, 0.1) is 13.5 Å². The molecule has 1 aromatic rings. The Hall–Kier alpha value is -2.12. The molecule has 0 spiro atoms. The SMILES string of the molecule is COC(=O)CCN(C)C(=O)Cn1cnc(N)n1. The molecule has 0 aliphatic heterocycles. The first-order chi connectivity index (χ1) is 8.02. The summed E-state index contributed by atoms with van der Waals surface area (Å²) < 4.78 is 5.82. The highest BCUT2D eigenvalue weighted by Gasteiger charge is 2.12. The number of hydrogen-bond acceptors (Lipinski definition) is 6.